The second-order valence-electron chi connectivity index (χ2n) is 6.53. The number of nitrogens with zero attached hydrogens (tertiary/aromatic N) is 2. The lowest BCUT2D eigenvalue weighted by Gasteiger charge is -2.42. The number of aryl methyl sites for hydroxylation is 1. The van der Waals surface area contributed by atoms with Gasteiger partial charge in [-0.05, 0) is 51.4 Å². The quantitative estimate of drug-likeness (QED) is 0.926. The lowest BCUT2D eigenvalue weighted by molar-refractivity contribution is 0.0584. The van der Waals surface area contributed by atoms with Crippen LogP contribution in [0.25, 0.3) is 0 Å². The summed E-state index contributed by atoms with van der Waals surface area (Å²) in [6, 6.07) is 6.38. The average Bonchev–Trinajstić information content (AvgIpc) is 2.44. The summed E-state index contributed by atoms with van der Waals surface area (Å²) in [5.41, 5.74) is 7.79. The highest BCUT2D eigenvalue weighted by Crippen LogP contribution is 2.19. The fourth-order valence-electron chi connectivity index (χ4n) is 3.02. The smallest absolute Gasteiger partial charge is 0.126 e. The van der Waals surface area contributed by atoms with Crippen molar-refractivity contribution < 1.29 is 4.39 Å². The first-order valence-corrected chi connectivity index (χ1v) is 7.84. The van der Waals surface area contributed by atoms with E-state index in [9.17, 15) is 4.39 Å². The zero-order valence-corrected chi connectivity index (χ0v) is 13.6. The normalized spacial score (nSPS) is 26.0. The van der Waals surface area contributed by atoms with E-state index in [-0.39, 0.29) is 11.9 Å². The average molecular weight is 293 g/mol. The molecule has 0 aromatic heterocycles. The third kappa shape index (κ3) is 4.02. The van der Waals surface area contributed by atoms with Gasteiger partial charge in [-0.3, -0.25) is 4.90 Å². The van der Waals surface area contributed by atoms with Gasteiger partial charge in [-0.2, -0.15) is 0 Å². The Bertz CT molecular complexity index is 465. The van der Waals surface area contributed by atoms with Crippen LogP contribution in [0.4, 0.5) is 4.39 Å². The fraction of sp³-hybridized carbons (Fsp3) is 0.647. The van der Waals surface area contributed by atoms with Crippen LogP contribution >= 0.6 is 0 Å². The molecule has 1 aliphatic heterocycles. The Hall–Kier alpha value is -0.970. The van der Waals surface area contributed by atoms with Crippen LogP contribution in [0.15, 0.2) is 18.2 Å². The van der Waals surface area contributed by atoms with Crippen molar-refractivity contribution >= 4 is 0 Å². The molecular formula is C17H28FN3. The van der Waals surface area contributed by atoms with Gasteiger partial charge in [0.25, 0.3) is 0 Å². The van der Waals surface area contributed by atoms with Gasteiger partial charge in [-0.25, -0.2) is 4.39 Å². The summed E-state index contributed by atoms with van der Waals surface area (Å²) >= 11 is 0. The van der Waals surface area contributed by atoms with Gasteiger partial charge < -0.3 is 10.6 Å². The van der Waals surface area contributed by atoms with Gasteiger partial charge in [0.2, 0.25) is 0 Å². The van der Waals surface area contributed by atoms with Crippen molar-refractivity contribution in [2.75, 3.05) is 26.7 Å². The van der Waals surface area contributed by atoms with Crippen LogP contribution in [0.3, 0.4) is 0 Å². The number of nitrogens with two attached hydrogens (primary N) is 1. The molecule has 3 nitrogen and oxygen atoms in total. The molecule has 3 atom stereocenters. The Kier molecular flexibility index (Phi) is 5.36. The second kappa shape index (κ2) is 6.86. The SMILES string of the molecule is Cc1ccc(C(N)CCN2CC(C)N(C)C(C)C2)cc1F. The Labute approximate surface area is 127 Å². The van der Waals surface area contributed by atoms with E-state index in [2.05, 4.69) is 30.7 Å². The third-order valence-corrected chi connectivity index (χ3v) is 4.82. The molecule has 1 heterocycles. The van der Waals surface area contributed by atoms with Crippen LogP contribution < -0.4 is 5.73 Å². The molecule has 1 aromatic rings. The highest BCUT2D eigenvalue weighted by atomic mass is 19.1. The van der Waals surface area contributed by atoms with Crippen LogP contribution in [0.1, 0.15) is 37.4 Å². The van der Waals surface area contributed by atoms with E-state index in [0.29, 0.717) is 17.6 Å². The van der Waals surface area contributed by atoms with Crippen molar-refractivity contribution in [1.29, 1.82) is 0 Å². The molecule has 1 saturated heterocycles. The minimum atomic E-state index is -0.162. The number of benzene rings is 1. The summed E-state index contributed by atoms with van der Waals surface area (Å²) in [4.78, 5) is 4.89. The number of halogens is 1. The Balaban J connectivity index is 1.89. The topological polar surface area (TPSA) is 32.5 Å². The van der Waals surface area contributed by atoms with Crippen molar-refractivity contribution in [1.82, 2.24) is 9.80 Å². The van der Waals surface area contributed by atoms with Gasteiger partial charge in [0.1, 0.15) is 5.82 Å². The minimum absolute atomic E-state index is 0.0923. The lowest BCUT2D eigenvalue weighted by atomic mass is 10.0. The summed E-state index contributed by atoms with van der Waals surface area (Å²) in [6.45, 7) is 9.43. The number of rotatable bonds is 4. The molecule has 21 heavy (non-hydrogen) atoms. The first-order chi connectivity index (χ1) is 9.88. The maximum Gasteiger partial charge on any atom is 0.126 e. The Morgan fingerprint density at radius 2 is 1.90 bits per heavy atom. The molecule has 0 bridgehead atoms. The highest BCUT2D eigenvalue weighted by Gasteiger charge is 2.26. The molecular weight excluding hydrogens is 265 g/mol. The number of piperazine rings is 1. The van der Waals surface area contributed by atoms with E-state index in [1.807, 2.05) is 12.1 Å². The van der Waals surface area contributed by atoms with Crippen molar-refractivity contribution in [3.63, 3.8) is 0 Å². The molecule has 0 radical (unpaired) electrons. The summed E-state index contributed by atoms with van der Waals surface area (Å²) in [5, 5.41) is 0. The molecule has 4 heteroatoms. The summed E-state index contributed by atoms with van der Waals surface area (Å²) < 4.78 is 13.6. The third-order valence-electron chi connectivity index (χ3n) is 4.82. The molecule has 0 aliphatic carbocycles. The van der Waals surface area contributed by atoms with Gasteiger partial charge in [0.05, 0.1) is 0 Å². The second-order valence-corrected chi connectivity index (χ2v) is 6.53. The van der Waals surface area contributed by atoms with E-state index in [4.69, 9.17) is 5.73 Å². The van der Waals surface area contributed by atoms with Crippen LogP contribution in [0.5, 0.6) is 0 Å². The predicted octanol–water partition coefficient (Wildman–Crippen LogP) is 2.55. The molecule has 3 unspecified atom stereocenters. The molecule has 1 aromatic carbocycles. The minimum Gasteiger partial charge on any atom is -0.324 e. The van der Waals surface area contributed by atoms with Gasteiger partial charge in [-0.15, -0.1) is 0 Å². The number of hydrogen-bond donors (Lipinski definition) is 1. The lowest BCUT2D eigenvalue weighted by Crippen LogP contribution is -2.55. The maximum atomic E-state index is 13.6. The van der Waals surface area contributed by atoms with Gasteiger partial charge >= 0.3 is 0 Å². The first-order valence-electron chi connectivity index (χ1n) is 7.84. The van der Waals surface area contributed by atoms with E-state index in [1.165, 1.54) is 0 Å². The van der Waals surface area contributed by atoms with Crippen LogP contribution in [-0.2, 0) is 0 Å². The summed E-state index contributed by atoms with van der Waals surface area (Å²) in [7, 11) is 2.19. The van der Waals surface area contributed by atoms with Crippen molar-refractivity contribution in [2.45, 2.75) is 45.3 Å². The maximum absolute atomic E-state index is 13.6. The van der Waals surface area contributed by atoms with E-state index < -0.39 is 0 Å². The number of likely N-dealkylation sites (N-methyl/N-ethyl adjacent to an activating group) is 1. The molecule has 2 rings (SSSR count). The van der Waals surface area contributed by atoms with Crippen LogP contribution in [0, 0.1) is 12.7 Å². The van der Waals surface area contributed by atoms with Gasteiger partial charge in [0, 0.05) is 37.8 Å². The molecule has 0 amide bonds. The van der Waals surface area contributed by atoms with Crippen LogP contribution in [0.2, 0.25) is 0 Å². The van der Waals surface area contributed by atoms with E-state index in [1.54, 1.807) is 13.0 Å². The van der Waals surface area contributed by atoms with Gasteiger partial charge in [0.15, 0.2) is 0 Å². The van der Waals surface area contributed by atoms with Crippen molar-refractivity contribution in [2.24, 2.45) is 5.73 Å². The highest BCUT2D eigenvalue weighted by molar-refractivity contribution is 5.25. The monoisotopic (exact) mass is 293 g/mol. The molecule has 0 spiro atoms. The predicted molar refractivity (Wildman–Crippen MR) is 85.8 cm³/mol. The largest absolute Gasteiger partial charge is 0.324 e. The molecule has 2 N–H and O–H groups in total. The molecule has 1 aliphatic rings. The Morgan fingerprint density at radius 3 is 2.48 bits per heavy atom. The first kappa shape index (κ1) is 16.4. The van der Waals surface area contributed by atoms with Gasteiger partial charge in [-0.1, -0.05) is 12.1 Å². The molecule has 1 fully saturated rings. The van der Waals surface area contributed by atoms with E-state index in [0.717, 1.165) is 31.6 Å². The zero-order valence-electron chi connectivity index (χ0n) is 13.6. The van der Waals surface area contributed by atoms with Crippen molar-refractivity contribution in [3.05, 3.63) is 35.1 Å². The summed E-state index contributed by atoms with van der Waals surface area (Å²) in [5.74, 6) is -0.162. The zero-order chi connectivity index (χ0) is 15.6. The molecule has 118 valence electrons. The van der Waals surface area contributed by atoms with Crippen molar-refractivity contribution in [3.8, 4) is 0 Å². The van der Waals surface area contributed by atoms with Crippen LogP contribution in [-0.4, -0.2) is 48.6 Å². The summed E-state index contributed by atoms with van der Waals surface area (Å²) in [6.07, 6.45) is 0.867. The number of hydrogen-bond acceptors (Lipinski definition) is 3. The standard InChI is InChI=1S/C17H28FN3/c1-12-5-6-15(9-16(12)18)17(19)7-8-21-10-13(2)20(4)14(3)11-21/h5-6,9,13-14,17H,7-8,10-11,19H2,1-4H3. The Morgan fingerprint density at radius 1 is 1.29 bits per heavy atom. The molecule has 0 saturated carbocycles. The van der Waals surface area contributed by atoms with E-state index >= 15 is 0 Å². The fourth-order valence-corrected chi connectivity index (χ4v) is 3.02.